The Labute approximate surface area is 142 Å². The number of rotatable bonds is 8. The number of nitrogens with two attached hydrogens (primary N) is 1. The summed E-state index contributed by atoms with van der Waals surface area (Å²) in [6.07, 6.45) is 1.74. The number of aromatic nitrogens is 3. The summed E-state index contributed by atoms with van der Waals surface area (Å²) in [6.45, 7) is 3.38. The molecule has 0 radical (unpaired) electrons. The number of nitrogens with zero attached hydrogens (tertiary/aromatic N) is 3. The Kier molecular flexibility index (Phi) is 8.30. The lowest BCUT2D eigenvalue weighted by Crippen LogP contribution is -2.08. The highest BCUT2D eigenvalue weighted by molar-refractivity contribution is 7.99. The number of aryl methyl sites for hydroxylation is 1. The van der Waals surface area contributed by atoms with Gasteiger partial charge in [-0.05, 0) is 24.6 Å². The second kappa shape index (κ2) is 9.71. The van der Waals surface area contributed by atoms with Crippen LogP contribution in [0.2, 0.25) is 0 Å². The molecule has 0 aliphatic rings. The summed E-state index contributed by atoms with van der Waals surface area (Å²) in [5.74, 6) is 2.74. The summed E-state index contributed by atoms with van der Waals surface area (Å²) in [6, 6.07) is 8.16. The van der Waals surface area contributed by atoms with E-state index in [-0.39, 0.29) is 12.4 Å². The molecule has 7 heteroatoms. The molecule has 0 saturated carbocycles. The van der Waals surface area contributed by atoms with Crippen LogP contribution < -0.4 is 10.5 Å². The maximum Gasteiger partial charge on any atom is 0.191 e. The Hall–Kier alpha value is -1.24. The molecule has 0 aliphatic carbocycles. The van der Waals surface area contributed by atoms with E-state index in [1.54, 1.807) is 11.8 Å². The van der Waals surface area contributed by atoms with Gasteiger partial charge in [0.2, 0.25) is 0 Å². The molecular formula is C15H23ClN4OS. The average molecular weight is 343 g/mol. The molecule has 0 aliphatic heterocycles. The van der Waals surface area contributed by atoms with Crippen LogP contribution >= 0.6 is 24.2 Å². The Balaban J connectivity index is 0.00000242. The smallest absolute Gasteiger partial charge is 0.191 e. The average Bonchev–Trinajstić information content (AvgIpc) is 2.85. The summed E-state index contributed by atoms with van der Waals surface area (Å²) in [5.41, 5.74) is 6.79. The molecule has 0 spiro atoms. The topological polar surface area (TPSA) is 66.0 Å². The molecule has 0 saturated heterocycles. The van der Waals surface area contributed by atoms with Crippen molar-refractivity contribution in [1.29, 1.82) is 0 Å². The lowest BCUT2D eigenvalue weighted by Gasteiger charge is -2.09. The molecular weight excluding hydrogens is 320 g/mol. The van der Waals surface area contributed by atoms with Crippen LogP contribution in [0.1, 0.15) is 18.3 Å². The summed E-state index contributed by atoms with van der Waals surface area (Å²) >= 11 is 1.65. The fraction of sp³-hybridized carbons (Fsp3) is 0.467. The fourth-order valence-corrected chi connectivity index (χ4v) is 2.79. The highest BCUT2D eigenvalue weighted by Crippen LogP contribution is 2.20. The van der Waals surface area contributed by atoms with Crippen molar-refractivity contribution in [3.63, 3.8) is 0 Å². The molecule has 0 unspecified atom stereocenters. The summed E-state index contributed by atoms with van der Waals surface area (Å²) in [4.78, 5) is 0. The predicted octanol–water partition coefficient (Wildman–Crippen LogP) is 2.47. The van der Waals surface area contributed by atoms with Gasteiger partial charge in [0, 0.05) is 19.2 Å². The maximum atomic E-state index is 5.85. The minimum Gasteiger partial charge on any atom is -0.492 e. The SMILES string of the molecule is CCc1ccccc1OCCSc1nnc(CCN)n1C.Cl. The van der Waals surface area contributed by atoms with Crippen molar-refractivity contribution in [3.8, 4) is 5.75 Å². The summed E-state index contributed by atoms with van der Waals surface area (Å²) in [5, 5.41) is 9.23. The van der Waals surface area contributed by atoms with E-state index in [0.29, 0.717) is 13.2 Å². The Morgan fingerprint density at radius 2 is 2.05 bits per heavy atom. The minimum absolute atomic E-state index is 0. The predicted molar refractivity (Wildman–Crippen MR) is 93.0 cm³/mol. The molecule has 1 aromatic carbocycles. The first-order valence-electron chi connectivity index (χ1n) is 7.18. The van der Waals surface area contributed by atoms with Crippen LogP contribution in [0.25, 0.3) is 0 Å². The number of benzene rings is 1. The van der Waals surface area contributed by atoms with Gasteiger partial charge in [-0.25, -0.2) is 0 Å². The van der Waals surface area contributed by atoms with Gasteiger partial charge < -0.3 is 15.0 Å². The molecule has 2 rings (SSSR count). The van der Waals surface area contributed by atoms with Crippen LogP contribution in [0.15, 0.2) is 29.4 Å². The van der Waals surface area contributed by atoms with Gasteiger partial charge >= 0.3 is 0 Å². The number of ether oxygens (including phenoxy) is 1. The molecule has 0 fully saturated rings. The van der Waals surface area contributed by atoms with Crippen LogP contribution in [-0.2, 0) is 19.9 Å². The zero-order valence-corrected chi connectivity index (χ0v) is 14.6. The molecule has 5 nitrogen and oxygen atoms in total. The number of hydrogen-bond donors (Lipinski definition) is 1. The quantitative estimate of drug-likeness (QED) is 0.589. The zero-order valence-electron chi connectivity index (χ0n) is 13.0. The standard InChI is InChI=1S/C15H22N4OS.ClH/c1-3-12-6-4-5-7-13(12)20-10-11-21-15-18-17-14(8-9-16)19(15)2;/h4-7H,3,8-11,16H2,1-2H3;1H. The van der Waals surface area contributed by atoms with E-state index >= 15 is 0 Å². The third-order valence-corrected chi connectivity index (χ3v) is 4.20. The van der Waals surface area contributed by atoms with E-state index in [2.05, 4.69) is 23.2 Å². The number of para-hydroxylation sites is 1. The summed E-state index contributed by atoms with van der Waals surface area (Å²) < 4.78 is 7.84. The van der Waals surface area contributed by atoms with Gasteiger partial charge in [0.1, 0.15) is 11.6 Å². The third-order valence-electron chi connectivity index (χ3n) is 3.22. The molecule has 1 aromatic heterocycles. The monoisotopic (exact) mass is 342 g/mol. The van der Waals surface area contributed by atoms with Crippen molar-refractivity contribution >= 4 is 24.2 Å². The van der Waals surface area contributed by atoms with Crippen LogP contribution in [0.3, 0.4) is 0 Å². The van der Waals surface area contributed by atoms with E-state index in [1.165, 1.54) is 5.56 Å². The second-order valence-corrected chi connectivity index (χ2v) is 5.72. The molecule has 0 atom stereocenters. The molecule has 22 heavy (non-hydrogen) atoms. The third kappa shape index (κ3) is 4.90. The van der Waals surface area contributed by atoms with Crippen molar-refractivity contribution in [2.45, 2.75) is 24.9 Å². The highest BCUT2D eigenvalue weighted by atomic mass is 35.5. The number of halogens is 1. The fourth-order valence-electron chi connectivity index (χ4n) is 2.04. The van der Waals surface area contributed by atoms with Gasteiger partial charge in [-0.1, -0.05) is 36.9 Å². The van der Waals surface area contributed by atoms with Gasteiger partial charge in [-0.2, -0.15) is 0 Å². The van der Waals surface area contributed by atoms with Crippen LogP contribution in [-0.4, -0.2) is 33.7 Å². The highest BCUT2D eigenvalue weighted by Gasteiger charge is 2.08. The lowest BCUT2D eigenvalue weighted by molar-refractivity contribution is 0.340. The Morgan fingerprint density at radius 1 is 1.27 bits per heavy atom. The minimum atomic E-state index is 0. The van der Waals surface area contributed by atoms with Gasteiger partial charge in [-0.15, -0.1) is 22.6 Å². The van der Waals surface area contributed by atoms with E-state index in [0.717, 1.165) is 35.3 Å². The normalized spacial score (nSPS) is 10.3. The zero-order chi connectivity index (χ0) is 15.1. The molecule has 0 bridgehead atoms. The maximum absolute atomic E-state index is 5.85. The number of thioether (sulfide) groups is 1. The molecule has 0 amide bonds. The van der Waals surface area contributed by atoms with E-state index in [9.17, 15) is 0 Å². The van der Waals surface area contributed by atoms with Crippen LogP contribution in [0, 0.1) is 0 Å². The first kappa shape index (κ1) is 18.8. The number of hydrogen-bond acceptors (Lipinski definition) is 5. The second-order valence-electron chi connectivity index (χ2n) is 4.65. The Morgan fingerprint density at radius 3 is 2.77 bits per heavy atom. The van der Waals surface area contributed by atoms with E-state index < -0.39 is 0 Å². The Bertz CT molecular complexity index is 576. The van der Waals surface area contributed by atoms with Crippen molar-refractivity contribution in [3.05, 3.63) is 35.7 Å². The van der Waals surface area contributed by atoms with Crippen molar-refractivity contribution < 1.29 is 4.74 Å². The van der Waals surface area contributed by atoms with Crippen molar-refractivity contribution in [1.82, 2.24) is 14.8 Å². The first-order chi connectivity index (χ1) is 10.3. The largest absolute Gasteiger partial charge is 0.492 e. The first-order valence-corrected chi connectivity index (χ1v) is 8.16. The van der Waals surface area contributed by atoms with E-state index in [1.807, 2.05) is 29.8 Å². The van der Waals surface area contributed by atoms with Crippen molar-refractivity contribution in [2.75, 3.05) is 18.9 Å². The molecule has 2 aromatic rings. The van der Waals surface area contributed by atoms with Crippen LogP contribution in [0.5, 0.6) is 5.75 Å². The molecule has 122 valence electrons. The molecule has 2 N–H and O–H groups in total. The van der Waals surface area contributed by atoms with Gasteiger partial charge in [0.25, 0.3) is 0 Å². The van der Waals surface area contributed by atoms with Gasteiger partial charge in [-0.3, -0.25) is 0 Å². The van der Waals surface area contributed by atoms with Gasteiger partial charge in [0.15, 0.2) is 5.16 Å². The summed E-state index contributed by atoms with van der Waals surface area (Å²) in [7, 11) is 1.97. The van der Waals surface area contributed by atoms with Crippen LogP contribution in [0.4, 0.5) is 0 Å². The molecule has 1 heterocycles. The lowest BCUT2D eigenvalue weighted by atomic mass is 10.1. The van der Waals surface area contributed by atoms with Gasteiger partial charge in [0.05, 0.1) is 6.61 Å². The van der Waals surface area contributed by atoms with E-state index in [4.69, 9.17) is 10.5 Å². The van der Waals surface area contributed by atoms with Crippen molar-refractivity contribution in [2.24, 2.45) is 12.8 Å².